The first kappa shape index (κ1) is 14.4. The summed E-state index contributed by atoms with van der Waals surface area (Å²) in [5.41, 5.74) is -1.16. The van der Waals surface area contributed by atoms with Crippen molar-refractivity contribution in [2.45, 2.75) is 5.92 Å². The minimum atomic E-state index is -3.61. The van der Waals surface area contributed by atoms with Gasteiger partial charge >= 0.3 is 0 Å². The van der Waals surface area contributed by atoms with Gasteiger partial charge in [0, 0.05) is 12.1 Å². The number of carbonyl (C=O) groups excluding carboxylic acids is 1. The number of hydrogen-bond donors (Lipinski definition) is 2. The van der Waals surface area contributed by atoms with Gasteiger partial charge in [-0.3, -0.25) is 4.79 Å². The van der Waals surface area contributed by atoms with Gasteiger partial charge in [-0.05, 0) is 0 Å². The molecule has 18 heavy (non-hydrogen) atoms. The average molecular weight is 269 g/mol. The third-order valence-corrected chi connectivity index (χ3v) is 1.97. The van der Waals surface area contributed by atoms with Crippen molar-refractivity contribution in [1.29, 1.82) is 0 Å². The molecule has 0 fully saturated rings. The number of amides is 1. The molecule has 0 aliphatic carbocycles. The molecule has 0 aliphatic heterocycles. The van der Waals surface area contributed by atoms with E-state index in [-0.39, 0.29) is 12.1 Å². The van der Waals surface area contributed by atoms with Crippen molar-refractivity contribution in [3.8, 4) is 0 Å². The van der Waals surface area contributed by atoms with Crippen molar-refractivity contribution in [1.82, 2.24) is 5.32 Å². The molecule has 100 valence electrons. The number of alkyl halides is 2. The molecule has 0 atom stereocenters. The lowest BCUT2D eigenvalue weighted by Crippen LogP contribution is -2.39. The largest absolute Gasteiger partial charge is 0.390 e. The van der Waals surface area contributed by atoms with Crippen LogP contribution in [-0.2, 0) is 0 Å². The zero-order valence-electron chi connectivity index (χ0n) is 8.81. The Morgan fingerprint density at radius 2 is 1.72 bits per heavy atom. The van der Waals surface area contributed by atoms with Crippen LogP contribution in [-0.4, -0.2) is 30.1 Å². The lowest BCUT2D eigenvalue weighted by molar-refractivity contribution is -0.0462. The van der Waals surface area contributed by atoms with Gasteiger partial charge in [0.15, 0.2) is 0 Å². The Morgan fingerprint density at radius 1 is 1.22 bits per heavy atom. The Hall–Kier alpha value is -1.70. The summed E-state index contributed by atoms with van der Waals surface area (Å²) in [6.07, 6.45) is 0. The first-order valence-electron chi connectivity index (χ1n) is 4.68. The lowest BCUT2D eigenvalue weighted by Gasteiger charge is -2.14. The van der Waals surface area contributed by atoms with E-state index in [1.54, 1.807) is 0 Å². The van der Waals surface area contributed by atoms with Crippen LogP contribution < -0.4 is 5.32 Å². The third-order valence-electron chi connectivity index (χ3n) is 1.97. The summed E-state index contributed by atoms with van der Waals surface area (Å²) in [5, 5.41) is 9.76. The molecule has 1 aromatic rings. The van der Waals surface area contributed by atoms with E-state index in [0.717, 1.165) is 0 Å². The van der Waals surface area contributed by atoms with Crippen molar-refractivity contribution >= 4 is 5.91 Å². The van der Waals surface area contributed by atoms with E-state index in [2.05, 4.69) is 0 Å². The molecule has 0 heterocycles. The van der Waals surface area contributed by atoms with Crippen LogP contribution in [0.4, 0.5) is 22.0 Å². The number of nitrogens with one attached hydrogen (secondary N) is 1. The zero-order chi connectivity index (χ0) is 13.9. The molecule has 2 N–H and O–H groups in total. The predicted molar refractivity (Wildman–Crippen MR) is 50.7 cm³/mol. The van der Waals surface area contributed by atoms with E-state index in [1.165, 1.54) is 5.32 Å². The van der Waals surface area contributed by atoms with Crippen LogP contribution in [0, 0.1) is 17.5 Å². The smallest absolute Gasteiger partial charge is 0.287 e. The highest BCUT2D eigenvalue weighted by molar-refractivity contribution is 5.94. The van der Waals surface area contributed by atoms with Gasteiger partial charge in [0.05, 0.1) is 6.54 Å². The molecular weight excluding hydrogens is 261 g/mol. The monoisotopic (exact) mass is 269 g/mol. The lowest BCUT2D eigenvalue weighted by atomic mass is 10.1. The van der Waals surface area contributed by atoms with Gasteiger partial charge in [-0.25, -0.2) is 22.0 Å². The number of rotatable bonds is 4. The Labute approximate surface area is 98.2 Å². The summed E-state index contributed by atoms with van der Waals surface area (Å²) in [7, 11) is 0. The summed E-state index contributed by atoms with van der Waals surface area (Å²) >= 11 is 0. The van der Waals surface area contributed by atoms with E-state index < -0.39 is 48.0 Å². The summed E-state index contributed by atoms with van der Waals surface area (Å²) in [6.45, 7) is -2.82. The molecule has 0 aromatic heterocycles. The molecule has 0 saturated carbocycles. The van der Waals surface area contributed by atoms with Gasteiger partial charge in [0.2, 0.25) is 0 Å². The Bertz CT molecular complexity index is 441. The molecule has 1 amide bonds. The van der Waals surface area contributed by atoms with Crippen molar-refractivity contribution in [3.63, 3.8) is 0 Å². The first-order chi connectivity index (χ1) is 8.26. The fourth-order valence-corrected chi connectivity index (χ4v) is 1.11. The normalized spacial score (nSPS) is 11.4. The second kappa shape index (κ2) is 5.30. The van der Waals surface area contributed by atoms with Gasteiger partial charge < -0.3 is 10.4 Å². The van der Waals surface area contributed by atoms with E-state index in [9.17, 15) is 26.7 Å². The fraction of sp³-hybridized carbons (Fsp3) is 0.300. The second-order valence-corrected chi connectivity index (χ2v) is 3.44. The molecule has 0 bridgehead atoms. The highest BCUT2D eigenvalue weighted by atomic mass is 19.3. The van der Waals surface area contributed by atoms with E-state index >= 15 is 0 Å². The van der Waals surface area contributed by atoms with Gasteiger partial charge in [-0.15, -0.1) is 0 Å². The van der Waals surface area contributed by atoms with Crippen LogP contribution >= 0.6 is 0 Å². The standard InChI is InChI=1S/C10H8F5NO2/c11-5-1-6(12)8(7(13)2-5)9(18)16-3-10(14,15)4-17/h1-2,17H,3-4H2,(H,16,18). The van der Waals surface area contributed by atoms with Crippen LogP contribution in [0.2, 0.25) is 0 Å². The van der Waals surface area contributed by atoms with Crippen LogP contribution in [0.25, 0.3) is 0 Å². The van der Waals surface area contributed by atoms with Crippen molar-refractivity contribution in [2.75, 3.05) is 13.2 Å². The predicted octanol–water partition coefficient (Wildman–Crippen LogP) is 1.46. The highest BCUT2D eigenvalue weighted by Gasteiger charge is 2.29. The maximum Gasteiger partial charge on any atom is 0.287 e. The average Bonchev–Trinajstić information content (AvgIpc) is 2.25. The maximum atomic E-state index is 13.1. The molecule has 1 aromatic carbocycles. The molecule has 0 saturated heterocycles. The summed E-state index contributed by atoms with van der Waals surface area (Å²) in [5.74, 6) is -9.31. The van der Waals surface area contributed by atoms with Crippen molar-refractivity contribution < 1.29 is 31.9 Å². The van der Waals surface area contributed by atoms with E-state index in [4.69, 9.17) is 5.11 Å². The fourth-order valence-electron chi connectivity index (χ4n) is 1.11. The summed E-state index contributed by atoms with van der Waals surface area (Å²) in [4.78, 5) is 11.2. The topological polar surface area (TPSA) is 49.3 Å². The Kier molecular flexibility index (Phi) is 4.23. The highest BCUT2D eigenvalue weighted by Crippen LogP contribution is 2.15. The summed E-state index contributed by atoms with van der Waals surface area (Å²) in [6, 6.07) is 0.504. The SMILES string of the molecule is O=C(NCC(F)(F)CO)c1c(F)cc(F)cc1F. The molecular formula is C10H8F5NO2. The number of aliphatic hydroxyl groups is 1. The van der Waals surface area contributed by atoms with Gasteiger partial charge in [0.25, 0.3) is 11.8 Å². The molecule has 0 unspecified atom stereocenters. The number of halogens is 5. The molecule has 0 aliphatic rings. The number of aliphatic hydroxyl groups excluding tert-OH is 1. The van der Waals surface area contributed by atoms with Crippen molar-refractivity contribution in [2.24, 2.45) is 0 Å². The number of hydrogen-bond acceptors (Lipinski definition) is 2. The van der Waals surface area contributed by atoms with Crippen molar-refractivity contribution in [3.05, 3.63) is 35.1 Å². The Balaban J connectivity index is 2.86. The van der Waals surface area contributed by atoms with E-state index in [0.29, 0.717) is 0 Å². The zero-order valence-corrected chi connectivity index (χ0v) is 8.81. The Morgan fingerprint density at radius 3 is 2.17 bits per heavy atom. The van der Waals surface area contributed by atoms with Gasteiger partial charge in [-0.1, -0.05) is 0 Å². The van der Waals surface area contributed by atoms with Gasteiger partial charge in [-0.2, -0.15) is 0 Å². The summed E-state index contributed by atoms with van der Waals surface area (Å²) < 4.78 is 63.9. The van der Waals surface area contributed by atoms with E-state index in [1.807, 2.05) is 0 Å². The minimum absolute atomic E-state index is 0.252. The van der Waals surface area contributed by atoms with Crippen LogP contribution in [0.5, 0.6) is 0 Å². The number of benzene rings is 1. The third kappa shape index (κ3) is 3.39. The van der Waals surface area contributed by atoms with Crippen LogP contribution in [0.1, 0.15) is 10.4 Å². The second-order valence-electron chi connectivity index (χ2n) is 3.44. The molecule has 3 nitrogen and oxygen atoms in total. The van der Waals surface area contributed by atoms with Gasteiger partial charge in [0.1, 0.15) is 29.6 Å². The first-order valence-corrected chi connectivity index (χ1v) is 4.68. The van der Waals surface area contributed by atoms with Crippen LogP contribution in [0.3, 0.4) is 0 Å². The maximum absolute atomic E-state index is 13.1. The van der Waals surface area contributed by atoms with Crippen LogP contribution in [0.15, 0.2) is 12.1 Å². The number of carbonyl (C=O) groups is 1. The molecule has 8 heteroatoms. The molecule has 0 radical (unpaired) electrons. The quantitative estimate of drug-likeness (QED) is 0.813. The minimum Gasteiger partial charge on any atom is -0.390 e. The molecule has 1 rings (SSSR count). The molecule has 0 spiro atoms.